The second-order valence-corrected chi connectivity index (χ2v) is 9.26. The van der Waals surface area contributed by atoms with E-state index in [4.69, 9.17) is 11.5 Å². The maximum Gasteiger partial charge on any atom is 0.406 e. The number of nitrogen functional groups attached to an aromatic ring is 1. The minimum atomic E-state index is -4.55. The molecular formula is C28H28F3N7O2. The zero-order valence-corrected chi connectivity index (χ0v) is 21.9. The topological polar surface area (TPSA) is 132 Å². The molecule has 0 fully saturated rings. The molecule has 4 rings (SSSR count). The Labute approximate surface area is 228 Å². The van der Waals surface area contributed by atoms with Gasteiger partial charge >= 0.3 is 6.18 Å². The van der Waals surface area contributed by atoms with Gasteiger partial charge in [-0.05, 0) is 42.3 Å². The smallest absolute Gasteiger partial charge is 0.383 e. The quantitative estimate of drug-likeness (QED) is 0.279. The maximum atomic E-state index is 13.0. The van der Waals surface area contributed by atoms with Crippen LogP contribution in [0.15, 0.2) is 67.0 Å². The van der Waals surface area contributed by atoms with Gasteiger partial charge in [0.25, 0.3) is 11.8 Å². The van der Waals surface area contributed by atoms with Gasteiger partial charge in [-0.2, -0.15) is 13.2 Å². The molecule has 2 aromatic heterocycles. The molecule has 0 saturated heterocycles. The first-order valence-electron chi connectivity index (χ1n) is 12.2. The van der Waals surface area contributed by atoms with E-state index < -0.39 is 18.6 Å². The molecule has 40 heavy (non-hydrogen) atoms. The highest BCUT2D eigenvalue weighted by molar-refractivity contribution is 6.08. The van der Waals surface area contributed by atoms with Crippen molar-refractivity contribution in [2.45, 2.75) is 13.1 Å². The highest BCUT2D eigenvalue weighted by atomic mass is 19.4. The number of aryl methyl sites for hydroxylation is 1. The highest BCUT2D eigenvalue weighted by Gasteiger charge is 2.33. The molecule has 0 atom stereocenters. The summed E-state index contributed by atoms with van der Waals surface area (Å²) in [5.41, 5.74) is 16.2. The van der Waals surface area contributed by atoms with Crippen LogP contribution >= 0.6 is 0 Å². The molecule has 0 aliphatic carbocycles. The van der Waals surface area contributed by atoms with Crippen LogP contribution in [0.25, 0.3) is 33.4 Å². The highest BCUT2D eigenvalue weighted by Crippen LogP contribution is 2.41. The van der Waals surface area contributed by atoms with Gasteiger partial charge in [-0.25, -0.2) is 9.97 Å². The summed E-state index contributed by atoms with van der Waals surface area (Å²) in [5.74, 6) is -0.828. The molecule has 0 bridgehead atoms. The van der Waals surface area contributed by atoms with Gasteiger partial charge < -0.3 is 26.3 Å². The van der Waals surface area contributed by atoms with Crippen molar-refractivity contribution < 1.29 is 22.8 Å². The van der Waals surface area contributed by atoms with Crippen LogP contribution in [0.2, 0.25) is 0 Å². The Hall–Kier alpha value is -4.71. The zero-order valence-electron chi connectivity index (χ0n) is 21.9. The van der Waals surface area contributed by atoms with Crippen LogP contribution in [0.1, 0.15) is 17.3 Å². The van der Waals surface area contributed by atoms with Gasteiger partial charge in [0.1, 0.15) is 24.3 Å². The minimum Gasteiger partial charge on any atom is -0.383 e. The van der Waals surface area contributed by atoms with Crippen molar-refractivity contribution in [3.05, 3.63) is 72.6 Å². The summed E-state index contributed by atoms with van der Waals surface area (Å²) >= 11 is 0. The van der Waals surface area contributed by atoms with E-state index >= 15 is 0 Å². The molecule has 0 aliphatic rings. The number of alkyl halides is 3. The Bertz CT molecular complexity index is 1580. The first kappa shape index (κ1) is 28.3. The third-order valence-corrected chi connectivity index (χ3v) is 6.28. The molecular weight excluding hydrogens is 523 g/mol. The Balaban J connectivity index is 1.78. The molecule has 2 amide bonds. The van der Waals surface area contributed by atoms with Gasteiger partial charge in [-0.3, -0.25) is 9.59 Å². The number of hydrogen-bond acceptors (Lipinski definition) is 6. The van der Waals surface area contributed by atoms with Crippen molar-refractivity contribution in [1.29, 1.82) is 0 Å². The van der Waals surface area contributed by atoms with Crippen LogP contribution in [-0.2, 0) is 11.8 Å². The lowest BCUT2D eigenvalue weighted by molar-refractivity contribution is -0.140. The van der Waals surface area contributed by atoms with Gasteiger partial charge in [0.2, 0.25) is 0 Å². The molecule has 0 saturated carbocycles. The average molecular weight is 552 g/mol. The first-order chi connectivity index (χ1) is 18.9. The fraction of sp³-hybridized carbons (Fsp3) is 0.214. The van der Waals surface area contributed by atoms with E-state index in [1.165, 1.54) is 18.5 Å². The third kappa shape index (κ3) is 5.81. The average Bonchev–Trinajstić information content (AvgIpc) is 3.21. The molecule has 208 valence electrons. The Morgan fingerprint density at radius 3 is 2.25 bits per heavy atom. The lowest BCUT2D eigenvalue weighted by Crippen LogP contribution is -2.41. The van der Waals surface area contributed by atoms with Crippen molar-refractivity contribution >= 4 is 34.4 Å². The number of halogens is 3. The normalized spacial score (nSPS) is 11.4. The van der Waals surface area contributed by atoms with Crippen LogP contribution < -0.4 is 16.8 Å². The second kappa shape index (κ2) is 11.2. The van der Waals surface area contributed by atoms with Crippen LogP contribution in [0.3, 0.4) is 0 Å². The number of benzene rings is 2. The molecule has 9 nitrogen and oxygen atoms in total. The van der Waals surface area contributed by atoms with Crippen molar-refractivity contribution in [2.24, 2.45) is 12.8 Å². The number of anilines is 2. The standard InChI is InChI=1S/C28H28F3N7O2/c1-16(2)26(39)36-20-10-8-18(9-11-20)23-21(22-24(33)34-15-35-25(22)37(23)3)17-4-6-19(7-5-17)27(40)38(13-12-32)14-28(29,30)31/h4-11,15H,1,12-14,32H2,2-3H3,(H,36,39)(H2,33,34,35). The first-order valence-corrected chi connectivity index (χ1v) is 12.2. The number of amides is 2. The summed E-state index contributed by atoms with van der Waals surface area (Å²) < 4.78 is 40.9. The third-order valence-electron chi connectivity index (χ3n) is 6.28. The van der Waals surface area contributed by atoms with Gasteiger partial charge in [0.15, 0.2) is 0 Å². The van der Waals surface area contributed by atoms with E-state index in [1.807, 2.05) is 23.7 Å². The number of rotatable bonds is 8. The Morgan fingerprint density at radius 1 is 1.05 bits per heavy atom. The van der Waals surface area contributed by atoms with Crippen molar-refractivity contribution in [1.82, 2.24) is 19.4 Å². The lowest BCUT2D eigenvalue weighted by atomic mass is 9.97. The summed E-state index contributed by atoms with van der Waals surface area (Å²) in [6.45, 7) is 3.52. The fourth-order valence-electron chi connectivity index (χ4n) is 4.43. The predicted octanol–water partition coefficient (Wildman–Crippen LogP) is 4.36. The number of hydrogen-bond donors (Lipinski definition) is 3. The Kier molecular flexibility index (Phi) is 7.91. The molecule has 0 spiro atoms. The van der Waals surface area contributed by atoms with Crippen LogP contribution in [0.4, 0.5) is 24.7 Å². The maximum absolute atomic E-state index is 13.0. The minimum absolute atomic E-state index is 0.0880. The summed E-state index contributed by atoms with van der Waals surface area (Å²) in [6.07, 6.45) is -3.20. The zero-order chi connectivity index (χ0) is 29.2. The molecule has 0 radical (unpaired) electrons. The van der Waals surface area contributed by atoms with E-state index in [9.17, 15) is 22.8 Å². The van der Waals surface area contributed by atoms with Crippen molar-refractivity contribution in [2.75, 3.05) is 30.7 Å². The predicted molar refractivity (Wildman–Crippen MR) is 148 cm³/mol. The van der Waals surface area contributed by atoms with Gasteiger partial charge in [-0.1, -0.05) is 30.8 Å². The Morgan fingerprint density at radius 2 is 1.68 bits per heavy atom. The SMILES string of the molecule is C=C(C)C(=O)Nc1ccc(-c2c(-c3ccc(C(=O)N(CCN)CC(F)(F)F)cc3)c3c(N)ncnc3n2C)cc1. The van der Waals surface area contributed by atoms with Gasteiger partial charge in [-0.15, -0.1) is 0 Å². The summed E-state index contributed by atoms with van der Waals surface area (Å²) in [7, 11) is 1.82. The van der Waals surface area contributed by atoms with E-state index in [1.54, 1.807) is 31.2 Å². The number of nitrogens with two attached hydrogens (primary N) is 2. The van der Waals surface area contributed by atoms with Crippen LogP contribution in [0, 0.1) is 0 Å². The molecule has 4 aromatic rings. The fourth-order valence-corrected chi connectivity index (χ4v) is 4.43. The molecule has 2 aromatic carbocycles. The number of fused-ring (bicyclic) bond motifs is 1. The number of nitrogens with one attached hydrogen (secondary N) is 1. The summed E-state index contributed by atoms with van der Waals surface area (Å²) in [5, 5.41) is 3.35. The van der Waals surface area contributed by atoms with Crippen LogP contribution in [0.5, 0.6) is 0 Å². The molecule has 2 heterocycles. The van der Waals surface area contributed by atoms with Crippen molar-refractivity contribution in [3.63, 3.8) is 0 Å². The molecule has 0 aliphatic heterocycles. The molecule has 5 N–H and O–H groups in total. The summed E-state index contributed by atoms with van der Waals surface area (Å²) in [6, 6.07) is 13.4. The van der Waals surface area contributed by atoms with E-state index in [-0.39, 0.29) is 30.4 Å². The number of carbonyl (C=O) groups is 2. The summed E-state index contributed by atoms with van der Waals surface area (Å²) in [4.78, 5) is 34.1. The number of nitrogens with zero attached hydrogens (tertiary/aromatic N) is 4. The van der Waals surface area contributed by atoms with Gasteiger partial charge in [0.05, 0.1) is 11.1 Å². The molecule has 12 heteroatoms. The van der Waals surface area contributed by atoms with Crippen molar-refractivity contribution in [3.8, 4) is 22.4 Å². The number of aromatic nitrogens is 3. The van der Waals surface area contributed by atoms with E-state index in [0.29, 0.717) is 38.3 Å². The van der Waals surface area contributed by atoms with Gasteiger partial charge in [0, 0.05) is 42.5 Å². The number of carbonyl (C=O) groups excluding carboxylic acids is 2. The van der Waals surface area contributed by atoms with Crippen LogP contribution in [-0.4, -0.2) is 57.1 Å². The van der Waals surface area contributed by atoms with E-state index in [0.717, 1.165) is 11.3 Å². The lowest BCUT2D eigenvalue weighted by Gasteiger charge is -2.23. The monoisotopic (exact) mass is 551 g/mol. The largest absolute Gasteiger partial charge is 0.406 e. The molecule has 0 unspecified atom stereocenters. The van der Waals surface area contributed by atoms with E-state index in [2.05, 4.69) is 21.9 Å². The second-order valence-electron chi connectivity index (χ2n) is 9.26.